The predicted molar refractivity (Wildman–Crippen MR) is 99.5 cm³/mol. The monoisotopic (exact) mass is 338 g/mol. The second kappa shape index (κ2) is 5.92. The van der Waals surface area contributed by atoms with Crippen LogP contribution in [-0.2, 0) is 5.41 Å². The summed E-state index contributed by atoms with van der Waals surface area (Å²) in [6.45, 7) is 8.08. The van der Waals surface area contributed by atoms with Gasteiger partial charge < -0.3 is 14.8 Å². The van der Waals surface area contributed by atoms with Crippen LogP contribution >= 0.6 is 0 Å². The van der Waals surface area contributed by atoms with Gasteiger partial charge in [-0.2, -0.15) is 0 Å². The number of rotatable bonds is 2. The van der Waals surface area contributed by atoms with E-state index in [4.69, 9.17) is 4.74 Å². The van der Waals surface area contributed by atoms with E-state index in [0.717, 1.165) is 16.8 Å². The molecule has 2 aromatic heterocycles. The quantitative estimate of drug-likeness (QED) is 0.743. The number of benzene rings is 1. The Hall–Kier alpha value is -2.82. The number of methoxy groups -OCH3 is 1. The topological polar surface area (TPSA) is 75.2 Å². The van der Waals surface area contributed by atoms with Gasteiger partial charge in [-0.25, -0.2) is 0 Å². The van der Waals surface area contributed by atoms with E-state index < -0.39 is 0 Å². The summed E-state index contributed by atoms with van der Waals surface area (Å²) in [5, 5.41) is 10.6. The molecule has 0 saturated carbocycles. The number of fused-ring (bicyclic) bond motifs is 1. The number of aromatic amines is 1. The zero-order valence-electron chi connectivity index (χ0n) is 15.1. The molecule has 3 aromatic rings. The van der Waals surface area contributed by atoms with Gasteiger partial charge in [-0.3, -0.25) is 9.78 Å². The maximum Gasteiger partial charge on any atom is 0.256 e. The Labute approximate surface area is 146 Å². The van der Waals surface area contributed by atoms with Crippen LogP contribution in [0.3, 0.4) is 0 Å². The van der Waals surface area contributed by atoms with E-state index in [1.165, 1.54) is 6.20 Å². The van der Waals surface area contributed by atoms with Crippen LogP contribution in [0, 0.1) is 6.92 Å². The second-order valence-corrected chi connectivity index (χ2v) is 7.23. The molecular weight excluding hydrogens is 316 g/mol. The number of H-pyrrole nitrogens is 1. The molecule has 25 heavy (non-hydrogen) atoms. The minimum atomic E-state index is -0.211. The van der Waals surface area contributed by atoms with Crippen molar-refractivity contribution in [1.29, 1.82) is 0 Å². The molecule has 130 valence electrons. The van der Waals surface area contributed by atoms with E-state index in [1.807, 2.05) is 19.1 Å². The molecule has 0 unspecified atom stereocenters. The third kappa shape index (κ3) is 2.97. The average molecular weight is 338 g/mol. The fraction of sp³-hybridized carbons (Fsp3) is 0.300. The van der Waals surface area contributed by atoms with Crippen LogP contribution in [0.25, 0.3) is 22.0 Å². The van der Waals surface area contributed by atoms with E-state index in [2.05, 4.69) is 30.7 Å². The molecule has 0 aliphatic heterocycles. The number of ether oxygens (including phenoxy) is 1. The molecule has 0 bridgehead atoms. The first-order chi connectivity index (χ1) is 11.7. The summed E-state index contributed by atoms with van der Waals surface area (Å²) < 4.78 is 5.64. The maximum absolute atomic E-state index is 12.5. The van der Waals surface area contributed by atoms with Gasteiger partial charge in [0, 0.05) is 27.8 Å². The van der Waals surface area contributed by atoms with Crippen molar-refractivity contribution in [3.05, 3.63) is 52.1 Å². The molecule has 0 saturated heterocycles. The summed E-state index contributed by atoms with van der Waals surface area (Å²) in [6, 6.07) is 7.26. The summed E-state index contributed by atoms with van der Waals surface area (Å²) in [7, 11) is 1.60. The third-order valence-corrected chi connectivity index (χ3v) is 4.26. The third-order valence-electron chi connectivity index (χ3n) is 4.26. The highest BCUT2D eigenvalue weighted by Crippen LogP contribution is 2.41. The number of nitrogens with zero attached hydrogens (tertiary/aromatic N) is 1. The van der Waals surface area contributed by atoms with Crippen LogP contribution in [0.5, 0.6) is 11.5 Å². The van der Waals surface area contributed by atoms with Crippen LogP contribution in [0.2, 0.25) is 0 Å². The van der Waals surface area contributed by atoms with E-state index in [-0.39, 0.29) is 16.7 Å². The highest BCUT2D eigenvalue weighted by molar-refractivity contribution is 5.99. The first-order valence-corrected chi connectivity index (χ1v) is 8.13. The molecule has 5 heteroatoms. The molecule has 0 fully saturated rings. The van der Waals surface area contributed by atoms with E-state index in [9.17, 15) is 9.90 Å². The largest absolute Gasteiger partial charge is 0.506 e. The molecule has 2 heterocycles. The van der Waals surface area contributed by atoms with Gasteiger partial charge in [0.15, 0.2) is 0 Å². The standard InChI is InChI=1S/C20H22N2O3/c1-11-6-7-13(19(24)22-11)14-9-16(20(2,3)4)18(25-5)15-8-12(23)10-21-17(14)15/h6-10,23H,1-5H3,(H,22,24). The van der Waals surface area contributed by atoms with Crippen LogP contribution in [0.15, 0.2) is 35.3 Å². The lowest BCUT2D eigenvalue weighted by atomic mass is 9.83. The van der Waals surface area contributed by atoms with Crippen molar-refractivity contribution in [1.82, 2.24) is 9.97 Å². The Kier molecular flexibility index (Phi) is 4.03. The van der Waals surface area contributed by atoms with Gasteiger partial charge >= 0.3 is 0 Å². The Morgan fingerprint density at radius 2 is 1.88 bits per heavy atom. The first kappa shape index (κ1) is 17.0. The smallest absolute Gasteiger partial charge is 0.256 e. The maximum atomic E-state index is 12.5. The van der Waals surface area contributed by atoms with Gasteiger partial charge in [0.1, 0.15) is 11.5 Å². The van der Waals surface area contributed by atoms with Gasteiger partial charge in [-0.05, 0) is 36.6 Å². The Morgan fingerprint density at radius 1 is 1.16 bits per heavy atom. The molecule has 2 N–H and O–H groups in total. The minimum Gasteiger partial charge on any atom is -0.506 e. The number of hydrogen-bond acceptors (Lipinski definition) is 4. The zero-order chi connectivity index (χ0) is 18.4. The van der Waals surface area contributed by atoms with Crippen molar-refractivity contribution in [2.75, 3.05) is 7.11 Å². The minimum absolute atomic E-state index is 0.0561. The number of pyridine rings is 2. The molecule has 0 atom stereocenters. The van der Waals surface area contributed by atoms with Gasteiger partial charge in [-0.15, -0.1) is 0 Å². The van der Waals surface area contributed by atoms with Gasteiger partial charge in [0.25, 0.3) is 5.56 Å². The lowest BCUT2D eigenvalue weighted by molar-refractivity contribution is 0.402. The average Bonchev–Trinajstić information content (AvgIpc) is 2.52. The molecule has 0 amide bonds. The molecule has 0 aliphatic carbocycles. The van der Waals surface area contributed by atoms with Gasteiger partial charge in [0.2, 0.25) is 0 Å². The molecule has 0 radical (unpaired) electrons. The number of aryl methyl sites for hydroxylation is 1. The Bertz CT molecular complexity index is 1010. The van der Waals surface area contributed by atoms with Gasteiger partial charge in [0.05, 0.1) is 18.8 Å². The Balaban J connectivity index is 2.49. The fourth-order valence-electron chi connectivity index (χ4n) is 3.03. The second-order valence-electron chi connectivity index (χ2n) is 7.23. The predicted octanol–water partition coefficient (Wildman–Crippen LogP) is 3.91. The fourth-order valence-corrected chi connectivity index (χ4v) is 3.03. The van der Waals surface area contributed by atoms with Crippen LogP contribution in [0.4, 0.5) is 0 Å². The molecule has 5 nitrogen and oxygen atoms in total. The number of nitrogens with one attached hydrogen (secondary N) is 1. The van der Waals surface area contributed by atoms with E-state index >= 15 is 0 Å². The lowest BCUT2D eigenvalue weighted by Gasteiger charge is -2.24. The summed E-state index contributed by atoms with van der Waals surface area (Å²) in [5.41, 5.74) is 3.26. The normalized spacial score (nSPS) is 11.7. The van der Waals surface area contributed by atoms with Crippen LogP contribution in [-0.4, -0.2) is 22.2 Å². The molecule has 1 aromatic carbocycles. The summed E-state index contributed by atoms with van der Waals surface area (Å²) >= 11 is 0. The lowest BCUT2D eigenvalue weighted by Crippen LogP contribution is -2.15. The van der Waals surface area contributed by atoms with Gasteiger partial charge in [-0.1, -0.05) is 20.8 Å². The number of aromatic nitrogens is 2. The molecule has 3 rings (SSSR count). The SMILES string of the molecule is COc1c(C(C)(C)C)cc(-c2ccc(C)[nH]c2=O)c2ncc(O)cc12. The van der Waals surface area contributed by atoms with Crippen LogP contribution in [0.1, 0.15) is 32.0 Å². The van der Waals surface area contributed by atoms with E-state index in [1.54, 1.807) is 19.2 Å². The van der Waals surface area contributed by atoms with Crippen molar-refractivity contribution < 1.29 is 9.84 Å². The van der Waals surface area contributed by atoms with Crippen molar-refractivity contribution >= 4 is 10.9 Å². The van der Waals surface area contributed by atoms with E-state index in [0.29, 0.717) is 22.2 Å². The summed E-state index contributed by atoms with van der Waals surface area (Å²) in [5.74, 6) is 0.721. The number of hydrogen-bond donors (Lipinski definition) is 2. The Morgan fingerprint density at radius 3 is 2.48 bits per heavy atom. The zero-order valence-corrected chi connectivity index (χ0v) is 15.1. The van der Waals surface area contributed by atoms with Crippen molar-refractivity contribution in [3.8, 4) is 22.6 Å². The molecule has 0 spiro atoms. The molecular formula is C20H22N2O3. The highest BCUT2D eigenvalue weighted by Gasteiger charge is 2.24. The van der Waals surface area contributed by atoms with Crippen molar-refractivity contribution in [3.63, 3.8) is 0 Å². The highest BCUT2D eigenvalue weighted by atomic mass is 16.5. The summed E-state index contributed by atoms with van der Waals surface area (Å²) in [4.78, 5) is 19.7. The first-order valence-electron chi connectivity index (χ1n) is 8.13. The van der Waals surface area contributed by atoms with Crippen molar-refractivity contribution in [2.45, 2.75) is 33.1 Å². The van der Waals surface area contributed by atoms with Crippen molar-refractivity contribution in [2.24, 2.45) is 0 Å². The van der Waals surface area contributed by atoms with Crippen LogP contribution < -0.4 is 10.3 Å². The number of aromatic hydroxyl groups is 1. The summed E-state index contributed by atoms with van der Waals surface area (Å²) in [6.07, 6.45) is 1.38. The molecule has 0 aliphatic rings.